The van der Waals surface area contributed by atoms with Crippen molar-refractivity contribution < 1.29 is 4.79 Å². The number of amides is 1. The predicted molar refractivity (Wildman–Crippen MR) is 130 cm³/mol. The Kier molecular flexibility index (Phi) is 7.85. The lowest BCUT2D eigenvalue weighted by atomic mass is 9.68. The second kappa shape index (κ2) is 10.2. The Morgan fingerprint density at radius 1 is 1.16 bits per heavy atom. The minimum absolute atomic E-state index is 0. The summed E-state index contributed by atoms with van der Waals surface area (Å²) < 4.78 is 1.66. The Balaban J connectivity index is 0.00000289. The molecule has 2 fully saturated rings. The zero-order chi connectivity index (χ0) is 22.0. The minimum Gasteiger partial charge on any atom is -0.352 e. The number of aromatic nitrogens is 2. The Morgan fingerprint density at radius 3 is 2.44 bits per heavy atom. The molecule has 1 saturated carbocycles. The van der Waals surface area contributed by atoms with Crippen LogP contribution in [0.1, 0.15) is 44.2 Å². The van der Waals surface area contributed by atoms with Gasteiger partial charge in [0.05, 0.1) is 6.04 Å². The molecule has 1 aliphatic carbocycles. The quantitative estimate of drug-likeness (QED) is 0.728. The van der Waals surface area contributed by atoms with E-state index in [0.717, 1.165) is 49.6 Å². The highest BCUT2D eigenvalue weighted by molar-refractivity contribution is 6.30. The number of halogens is 2. The zero-order valence-electron chi connectivity index (χ0n) is 18.4. The van der Waals surface area contributed by atoms with Gasteiger partial charge in [0.2, 0.25) is 5.91 Å². The van der Waals surface area contributed by atoms with Crippen LogP contribution in [0.4, 0.5) is 5.82 Å². The third kappa shape index (κ3) is 4.95. The molecule has 1 saturated heterocycles. The fraction of sp³-hybridized carbons (Fsp3) is 0.522. The van der Waals surface area contributed by atoms with Gasteiger partial charge in [-0.15, -0.1) is 12.4 Å². The number of hydrogen-bond acceptors (Lipinski definition) is 5. The van der Waals surface area contributed by atoms with Crippen LogP contribution >= 0.6 is 24.0 Å². The van der Waals surface area contributed by atoms with Crippen LogP contribution < -0.4 is 16.2 Å². The Bertz CT molecular complexity index is 996. The number of nitrogens with two attached hydrogens (primary N) is 1. The van der Waals surface area contributed by atoms with E-state index >= 15 is 0 Å². The molecule has 2 aliphatic rings. The fourth-order valence-electron chi connectivity index (χ4n) is 4.92. The van der Waals surface area contributed by atoms with Crippen LogP contribution in [0.25, 0.3) is 0 Å². The summed E-state index contributed by atoms with van der Waals surface area (Å²) in [5.74, 6) is 0.899. The van der Waals surface area contributed by atoms with E-state index < -0.39 is 0 Å². The molecule has 2 heterocycles. The summed E-state index contributed by atoms with van der Waals surface area (Å²) in [5.41, 5.74) is 7.23. The number of hydrogen-bond donors (Lipinski definition) is 1. The van der Waals surface area contributed by atoms with E-state index in [1.165, 1.54) is 5.56 Å². The van der Waals surface area contributed by atoms with Crippen molar-refractivity contribution in [1.82, 2.24) is 14.7 Å². The lowest BCUT2D eigenvalue weighted by Gasteiger charge is -2.40. The summed E-state index contributed by atoms with van der Waals surface area (Å²) in [7, 11) is 0. The van der Waals surface area contributed by atoms with Gasteiger partial charge in [-0.25, -0.2) is 4.68 Å². The topological polar surface area (TPSA) is 84.5 Å². The lowest BCUT2D eigenvalue weighted by Crippen LogP contribution is -2.48. The first-order valence-electron chi connectivity index (χ1n) is 11.0. The van der Waals surface area contributed by atoms with Gasteiger partial charge in [0, 0.05) is 56.2 Å². The molecule has 0 radical (unpaired) electrons. The molecule has 1 aromatic heterocycles. The Hall–Kier alpha value is -2.09. The largest absolute Gasteiger partial charge is 0.352 e. The summed E-state index contributed by atoms with van der Waals surface area (Å²) in [5, 5.41) is 5.45. The standard InChI is InChI=1S/C23H30ClN5O2.ClH/c1-17(30)27-11-13-28(14-12-27)21-5-6-22(31)29(26-21)20-7-9-23(16-25,10-8-20)18-3-2-4-19(24)15-18;/h2-6,15,20H,7-14,16,25H2,1H3;1H. The van der Waals surface area contributed by atoms with E-state index in [0.29, 0.717) is 19.6 Å². The molecule has 32 heavy (non-hydrogen) atoms. The molecule has 0 unspecified atom stereocenters. The molecule has 4 rings (SSSR count). The molecule has 0 spiro atoms. The first-order valence-corrected chi connectivity index (χ1v) is 11.4. The summed E-state index contributed by atoms with van der Waals surface area (Å²) in [6.07, 6.45) is 3.48. The van der Waals surface area contributed by atoms with Crippen LogP contribution in [-0.2, 0) is 10.2 Å². The van der Waals surface area contributed by atoms with Crippen molar-refractivity contribution in [2.75, 3.05) is 37.6 Å². The third-order valence-corrected chi connectivity index (χ3v) is 7.18. The molecule has 0 atom stereocenters. The van der Waals surface area contributed by atoms with Crippen molar-refractivity contribution in [3.63, 3.8) is 0 Å². The first kappa shape index (κ1) is 24.6. The average Bonchev–Trinajstić information content (AvgIpc) is 2.79. The van der Waals surface area contributed by atoms with Crippen LogP contribution in [0, 0.1) is 0 Å². The second-order valence-corrected chi connectivity index (χ2v) is 9.13. The van der Waals surface area contributed by atoms with E-state index in [1.807, 2.05) is 23.1 Å². The predicted octanol–water partition coefficient (Wildman–Crippen LogP) is 3.00. The monoisotopic (exact) mass is 479 g/mol. The average molecular weight is 480 g/mol. The Labute approximate surface area is 199 Å². The van der Waals surface area contributed by atoms with Gasteiger partial charge in [0.1, 0.15) is 5.82 Å². The number of benzene rings is 1. The molecular formula is C23H31Cl2N5O2. The molecule has 7 nitrogen and oxygen atoms in total. The first-order chi connectivity index (χ1) is 14.9. The van der Waals surface area contributed by atoms with Gasteiger partial charge < -0.3 is 15.5 Å². The van der Waals surface area contributed by atoms with Gasteiger partial charge in [-0.05, 0) is 49.4 Å². The number of anilines is 1. The summed E-state index contributed by atoms with van der Waals surface area (Å²) in [6, 6.07) is 11.4. The van der Waals surface area contributed by atoms with E-state index in [9.17, 15) is 9.59 Å². The van der Waals surface area contributed by atoms with Gasteiger partial charge in [0.25, 0.3) is 5.56 Å². The maximum Gasteiger partial charge on any atom is 0.267 e. The van der Waals surface area contributed by atoms with Gasteiger partial charge >= 0.3 is 0 Å². The zero-order valence-corrected chi connectivity index (χ0v) is 19.9. The number of piperazine rings is 1. The van der Waals surface area contributed by atoms with Crippen LogP contribution in [0.15, 0.2) is 41.2 Å². The molecule has 174 valence electrons. The van der Waals surface area contributed by atoms with Crippen LogP contribution in [-0.4, -0.2) is 53.3 Å². The molecule has 9 heteroatoms. The van der Waals surface area contributed by atoms with Crippen molar-refractivity contribution in [1.29, 1.82) is 0 Å². The number of rotatable bonds is 4. The van der Waals surface area contributed by atoms with Gasteiger partial charge in [-0.1, -0.05) is 23.7 Å². The summed E-state index contributed by atoms with van der Waals surface area (Å²) >= 11 is 6.22. The molecule has 2 aromatic rings. The normalized spacial score (nSPS) is 23.5. The number of carbonyl (C=O) groups is 1. The smallest absolute Gasteiger partial charge is 0.267 e. The minimum atomic E-state index is -0.106. The van der Waals surface area contributed by atoms with Crippen molar-refractivity contribution in [2.45, 2.75) is 44.1 Å². The maximum atomic E-state index is 12.6. The number of carbonyl (C=O) groups excluding carboxylic acids is 1. The van der Waals surface area contributed by atoms with Crippen LogP contribution in [0.5, 0.6) is 0 Å². The fourth-order valence-corrected chi connectivity index (χ4v) is 5.11. The Morgan fingerprint density at radius 2 is 1.84 bits per heavy atom. The molecule has 1 amide bonds. The van der Waals surface area contributed by atoms with Crippen molar-refractivity contribution in [3.05, 3.63) is 57.3 Å². The number of nitrogens with zero attached hydrogens (tertiary/aromatic N) is 4. The van der Waals surface area contributed by atoms with Crippen LogP contribution in [0.2, 0.25) is 5.02 Å². The highest BCUT2D eigenvalue weighted by Crippen LogP contribution is 2.42. The van der Waals surface area contributed by atoms with Gasteiger partial charge in [-0.2, -0.15) is 5.10 Å². The SMILES string of the molecule is CC(=O)N1CCN(c2ccc(=O)n(C3CCC(CN)(c4cccc(Cl)c4)CC3)n2)CC1.Cl. The maximum absolute atomic E-state index is 12.6. The summed E-state index contributed by atoms with van der Waals surface area (Å²) in [4.78, 5) is 28.2. The molecular weight excluding hydrogens is 449 g/mol. The van der Waals surface area contributed by atoms with Gasteiger partial charge in [0.15, 0.2) is 0 Å². The van der Waals surface area contributed by atoms with E-state index in [-0.39, 0.29) is 35.3 Å². The third-order valence-electron chi connectivity index (χ3n) is 6.95. The van der Waals surface area contributed by atoms with Crippen molar-refractivity contribution >= 4 is 35.7 Å². The van der Waals surface area contributed by atoms with E-state index in [1.54, 1.807) is 23.7 Å². The summed E-state index contributed by atoms with van der Waals surface area (Å²) in [6.45, 7) is 4.96. The molecule has 0 bridgehead atoms. The molecule has 1 aliphatic heterocycles. The second-order valence-electron chi connectivity index (χ2n) is 8.69. The highest BCUT2D eigenvalue weighted by atomic mass is 35.5. The lowest BCUT2D eigenvalue weighted by molar-refractivity contribution is -0.129. The van der Waals surface area contributed by atoms with Crippen molar-refractivity contribution in [2.24, 2.45) is 5.73 Å². The van der Waals surface area contributed by atoms with Crippen molar-refractivity contribution in [3.8, 4) is 0 Å². The highest BCUT2D eigenvalue weighted by Gasteiger charge is 2.37. The van der Waals surface area contributed by atoms with Crippen LogP contribution in [0.3, 0.4) is 0 Å². The molecule has 2 N–H and O–H groups in total. The van der Waals surface area contributed by atoms with Gasteiger partial charge in [-0.3, -0.25) is 9.59 Å². The molecule has 1 aromatic carbocycles. The van der Waals surface area contributed by atoms with E-state index in [4.69, 9.17) is 22.4 Å². The van der Waals surface area contributed by atoms with E-state index in [2.05, 4.69) is 11.0 Å².